The molecule has 14 aromatic rings. The molecule has 0 aliphatic rings. The quantitative estimate of drug-likeness (QED) is 0.128. The van der Waals surface area contributed by atoms with Gasteiger partial charge in [0.1, 0.15) is 0 Å². The molecule has 0 fully saturated rings. The minimum absolute atomic E-state index is 0.602. The predicted octanol–water partition coefficient (Wildman–Crippen LogP) is 18.4. The van der Waals surface area contributed by atoms with Gasteiger partial charge in [0.15, 0.2) is 34.9 Å². The van der Waals surface area contributed by atoms with Gasteiger partial charge in [-0.15, -0.1) is 0 Å². The average Bonchev–Trinajstić information content (AvgIpc) is 4.13. The monoisotopic (exact) mass is 1040 g/mol. The van der Waals surface area contributed by atoms with Gasteiger partial charge in [-0.05, 0) is 94.8 Å². The van der Waals surface area contributed by atoms with Crippen LogP contribution in [0.2, 0.25) is 0 Å². The first kappa shape index (κ1) is 48.6. The summed E-state index contributed by atoms with van der Waals surface area (Å²) in [5.41, 5.74) is 19.7. The minimum Gasteiger partial charge on any atom is -0.308 e. The Morgan fingerprint density at radius 2 is 0.457 bits per heavy atom. The van der Waals surface area contributed by atoms with Crippen LogP contribution in [-0.4, -0.2) is 34.5 Å². The molecule has 0 spiro atoms. The first-order chi connectivity index (χ1) is 40.0. The smallest absolute Gasteiger partial charge is 0.164 e. The van der Waals surface area contributed by atoms with Crippen LogP contribution in [0.15, 0.2) is 273 Å². The van der Waals surface area contributed by atoms with Crippen LogP contribution >= 0.6 is 0 Å². The molecule has 382 valence electrons. The molecule has 0 unspecified atom stereocenters. The number of aromatic nitrogens is 7. The molecule has 81 heavy (non-hydrogen) atoms. The van der Waals surface area contributed by atoms with Gasteiger partial charge in [-0.1, -0.05) is 237 Å². The minimum atomic E-state index is 0.602. The van der Waals surface area contributed by atoms with Crippen molar-refractivity contribution in [2.24, 2.45) is 0 Å². The van der Waals surface area contributed by atoms with Gasteiger partial charge in [-0.25, -0.2) is 29.9 Å². The zero-order chi connectivity index (χ0) is 54.2. The average molecular weight is 1040 g/mol. The molecule has 0 saturated carbocycles. The van der Waals surface area contributed by atoms with Gasteiger partial charge >= 0.3 is 0 Å². The molecule has 0 aliphatic carbocycles. The van der Waals surface area contributed by atoms with Crippen molar-refractivity contribution in [2.75, 3.05) is 0 Å². The molecule has 3 heterocycles. The van der Waals surface area contributed by atoms with Crippen LogP contribution in [0.3, 0.4) is 0 Å². The number of fused-ring (bicyclic) bond motifs is 3. The molecule has 0 amide bonds. The molecular formula is C74H51N7. The van der Waals surface area contributed by atoms with E-state index < -0.39 is 0 Å². The molecular weight excluding hydrogens is 987 g/mol. The first-order valence-electron chi connectivity index (χ1n) is 27.3. The van der Waals surface area contributed by atoms with E-state index in [1.165, 1.54) is 10.8 Å². The van der Waals surface area contributed by atoms with Gasteiger partial charge in [-0.2, -0.15) is 0 Å². The van der Waals surface area contributed by atoms with E-state index in [4.69, 9.17) is 29.9 Å². The van der Waals surface area contributed by atoms with Crippen molar-refractivity contribution in [2.45, 2.75) is 13.8 Å². The Hall–Kier alpha value is -10.8. The third kappa shape index (κ3) is 9.12. The fraction of sp³-hybridized carbons (Fsp3) is 0.0270. The molecule has 7 heteroatoms. The standard InChI is InChI=1S/C74H51N7/c1-48-44-63(59-40-20-18-36-55(59)57-38-22-24-42-61(57)73-77-69(50-26-8-3-9-27-50)75-70(78-73)51-28-10-4-11-29-51)67-65(46-48)66-47-49(2)45-64(68(66)81(67)54-34-16-7-17-35-54)60-41-21-19-37-56(60)58-39-23-25-43-62(58)74-79-71(52-30-12-5-13-31-52)76-72(80-74)53-32-14-6-15-33-53/h3-47H,1-2H3. The van der Waals surface area contributed by atoms with E-state index in [1.807, 2.05) is 72.8 Å². The summed E-state index contributed by atoms with van der Waals surface area (Å²) in [5, 5.41) is 2.33. The number of nitrogens with zero attached hydrogens (tertiary/aromatic N) is 7. The van der Waals surface area contributed by atoms with Crippen molar-refractivity contribution in [3.8, 4) is 119 Å². The van der Waals surface area contributed by atoms with Crippen molar-refractivity contribution in [1.29, 1.82) is 0 Å². The summed E-state index contributed by atoms with van der Waals surface area (Å²) in [6.45, 7) is 4.42. The van der Waals surface area contributed by atoms with Crippen LogP contribution in [0, 0.1) is 13.8 Å². The fourth-order valence-electron chi connectivity index (χ4n) is 11.4. The van der Waals surface area contributed by atoms with E-state index in [-0.39, 0.29) is 0 Å². The Morgan fingerprint density at radius 1 is 0.222 bits per heavy atom. The summed E-state index contributed by atoms with van der Waals surface area (Å²) >= 11 is 0. The summed E-state index contributed by atoms with van der Waals surface area (Å²) in [5.74, 6) is 3.67. The highest BCUT2D eigenvalue weighted by molar-refractivity contribution is 6.19. The van der Waals surface area contributed by atoms with Crippen molar-refractivity contribution in [3.63, 3.8) is 0 Å². The van der Waals surface area contributed by atoms with Crippen LogP contribution in [0.1, 0.15) is 11.1 Å². The topological polar surface area (TPSA) is 82.3 Å². The van der Waals surface area contributed by atoms with Crippen LogP contribution < -0.4 is 0 Å². The molecule has 11 aromatic carbocycles. The van der Waals surface area contributed by atoms with E-state index in [0.717, 1.165) is 106 Å². The highest BCUT2D eigenvalue weighted by Crippen LogP contribution is 2.48. The number of hydrogen-bond donors (Lipinski definition) is 0. The molecule has 0 N–H and O–H groups in total. The Labute approximate surface area is 470 Å². The van der Waals surface area contributed by atoms with Gasteiger partial charge < -0.3 is 4.57 Å². The maximum atomic E-state index is 5.23. The van der Waals surface area contributed by atoms with E-state index in [0.29, 0.717) is 34.9 Å². The zero-order valence-electron chi connectivity index (χ0n) is 44.6. The van der Waals surface area contributed by atoms with Crippen LogP contribution in [0.5, 0.6) is 0 Å². The Balaban J connectivity index is 0.989. The lowest BCUT2D eigenvalue weighted by molar-refractivity contribution is 1.07. The second kappa shape index (κ2) is 20.9. The zero-order valence-corrected chi connectivity index (χ0v) is 44.6. The molecule has 0 radical (unpaired) electrons. The predicted molar refractivity (Wildman–Crippen MR) is 331 cm³/mol. The SMILES string of the molecule is Cc1cc(-c2ccccc2-c2ccccc2-c2nc(-c3ccccc3)nc(-c3ccccc3)n2)c2c(c1)c1cc(C)cc(-c3ccccc3-c3ccccc3-c3nc(-c4ccccc4)nc(-c4ccccc4)n3)c1n2-c1ccccc1. The largest absolute Gasteiger partial charge is 0.308 e. The van der Waals surface area contributed by atoms with Crippen molar-refractivity contribution >= 4 is 21.8 Å². The molecule has 14 rings (SSSR count). The first-order valence-corrected chi connectivity index (χ1v) is 27.3. The highest BCUT2D eigenvalue weighted by atomic mass is 15.0. The van der Waals surface area contributed by atoms with Crippen molar-refractivity contribution in [1.82, 2.24) is 34.5 Å². The molecule has 3 aromatic heterocycles. The number of rotatable bonds is 11. The van der Waals surface area contributed by atoms with Gasteiger partial charge in [0.25, 0.3) is 0 Å². The number of aryl methyl sites for hydroxylation is 2. The lowest BCUT2D eigenvalue weighted by atomic mass is 9.89. The Bertz CT molecular complexity index is 4240. The molecule has 0 atom stereocenters. The third-order valence-corrected chi connectivity index (χ3v) is 15.0. The van der Waals surface area contributed by atoms with Crippen LogP contribution in [0.4, 0.5) is 0 Å². The highest BCUT2D eigenvalue weighted by Gasteiger charge is 2.26. The van der Waals surface area contributed by atoms with Crippen LogP contribution in [-0.2, 0) is 0 Å². The molecule has 0 aliphatic heterocycles. The van der Waals surface area contributed by atoms with Gasteiger partial charge in [0.05, 0.1) is 11.0 Å². The maximum absolute atomic E-state index is 5.23. The lowest BCUT2D eigenvalue weighted by Crippen LogP contribution is -2.02. The van der Waals surface area contributed by atoms with E-state index in [2.05, 4.69) is 219 Å². The van der Waals surface area contributed by atoms with Crippen molar-refractivity contribution in [3.05, 3.63) is 284 Å². The summed E-state index contributed by atoms with van der Waals surface area (Å²) < 4.78 is 2.49. The summed E-state index contributed by atoms with van der Waals surface area (Å²) in [6, 6.07) is 95.4. The second-order valence-electron chi connectivity index (χ2n) is 20.3. The summed E-state index contributed by atoms with van der Waals surface area (Å²) in [4.78, 5) is 31.0. The Kier molecular flexibility index (Phi) is 12.5. The van der Waals surface area contributed by atoms with Crippen molar-refractivity contribution < 1.29 is 0 Å². The van der Waals surface area contributed by atoms with Crippen LogP contribution in [0.25, 0.3) is 140 Å². The number of hydrogen-bond acceptors (Lipinski definition) is 6. The second-order valence-corrected chi connectivity index (χ2v) is 20.3. The lowest BCUT2D eigenvalue weighted by Gasteiger charge is -2.19. The third-order valence-electron chi connectivity index (χ3n) is 15.0. The molecule has 0 saturated heterocycles. The van der Waals surface area contributed by atoms with Gasteiger partial charge in [0.2, 0.25) is 0 Å². The van der Waals surface area contributed by atoms with E-state index in [1.54, 1.807) is 0 Å². The van der Waals surface area contributed by atoms with E-state index in [9.17, 15) is 0 Å². The molecule has 0 bridgehead atoms. The number of benzene rings is 11. The normalized spacial score (nSPS) is 11.3. The fourth-order valence-corrected chi connectivity index (χ4v) is 11.4. The van der Waals surface area contributed by atoms with Gasteiger partial charge in [-0.3, -0.25) is 0 Å². The van der Waals surface area contributed by atoms with Gasteiger partial charge in [0, 0.05) is 61.0 Å². The van der Waals surface area contributed by atoms with E-state index >= 15 is 0 Å². The summed E-state index contributed by atoms with van der Waals surface area (Å²) in [7, 11) is 0. The maximum Gasteiger partial charge on any atom is 0.164 e. The Morgan fingerprint density at radius 3 is 0.765 bits per heavy atom. The molecule has 7 nitrogen and oxygen atoms in total. The summed E-state index contributed by atoms with van der Waals surface area (Å²) in [6.07, 6.45) is 0. The number of para-hydroxylation sites is 1.